The number of ether oxygens (including phenoxy) is 1. The van der Waals surface area contributed by atoms with Gasteiger partial charge in [-0.15, -0.1) is 0 Å². The molecule has 0 saturated carbocycles. The second-order valence-corrected chi connectivity index (χ2v) is 6.85. The summed E-state index contributed by atoms with van der Waals surface area (Å²) >= 11 is 1.84. The molecular weight excluding hydrogens is 300 g/mol. The van der Waals surface area contributed by atoms with Gasteiger partial charge in [0.2, 0.25) is 0 Å². The van der Waals surface area contributed by atoms with Crippen LogP contribution in [0.25, 0.3) is 0 Å². The van der Waals surface area contributed by atoms with E-state index in [2.05, 4.69) is 16.7 Å². The quantitative estimate of drug-likeness (QED) is 0.904. The van der Waals surface area contributed by atoms with Gasteiger partial charge >= 0.3 is 6.03 Å². The van der Waals surface area contributed by atoms with E-state index < -0.39 is 0 Å². The second-order valence-electron chi connectivity index (χ2n) is 5.72. The van der Waals surface area contributed by atoms with E-state index in [9.17, 15) is 4.79 Å². The van der Waals surface area contributed by atoms with Gasteiger partial charge in [0.15, 0.2) is 5.82 Å². The van der Waals surface area contributed by atoms with Gasteiger partial charge in [-0.3, -0.25) is 10.00 Å². The largest absolute Gasteiger partial charge is 0.382 e. The Bertz CT molecular complexity index is 480. The van der Waals surface area contributed by atoms with E-state index in [-0.39, 0.29) is 12.1 Å². The van der Waals surface area contributed by atoms with E-state index in [0.29, 0.717) is 17.7 Å². The summed E-state index contributed by atoms with van der Waals surface area (Å²) in [6.07, 6.45) is 7.44. The maximum Gasteiger partial charge on any atom is 0.323 e. The van der Waals surface area contributed by atoms with Gasteiger partial charge in [0, 0.05) is 37.7 Å². The molecule has 1 aromatic rings. The maximum absolute atomic E-state index is 12.4. The number of anilines is 1. The van der Waals surface area contributed by atoms with Gasteiger partial charge in [-0.05, 0) is 26.0 Å². The summed E-state index contributed by atoms with van der Waals surface area (Å²) in [5.74, 6) is 0.595. The van der Waals surface area contributed by atoms with Gasteiger partial charge in [-0.1, -0.05) is 6.42 Å². The van der Waals surface area contributed by atoms with Crippen LogP contribution >= 0.6 is 11.8 Å². The molecule has 0 spiro atoms. The van der Waals surface area contributed by atoms with E-state index in [1.165, 1.54) is 12.8 Å². The van der Waals surface area contributed by atoms with Crippen LogP contribution in [0, 0.1) is 0 Å². The average Bonchev–Trinajstić information content (AvgIpc) is 2.83. The Hall–Kier alpha value is -1.21. The standard InChI is InChI=1S/C15H26N4O2S/c1-12(11-21-2)19-9-7-14(17-19)16-15(20)18-8-5-4-6-13(10-18)22-3/h7,9,12-13H,4-6,8,10-11H2,1-3H3,(H,16,17,20)/t12-,13+/m0/s1. The van der Waals surface area contributed by atoms with Gasteiger partial charge < -0.3 is 9.64 Å². The van der Waals surface area contributed by atoms with Crippen molar-refractivity contribution in [1.82, 2.24) is 14.7 Å². The highest BCUT2D eigenvalue weighted by molar-refractivity contribution is 7.99. The third-order valence-corrected chi connectivity index (χ3v) is 5.00. The first-order chi connectivity index (χ1) is 10.6. The third kappa shape index (κ3) is 4.64. The monoisotopic (exact) mass is 326 g/mol. The van der Waals surface area contributed by atoms with Crippen molar-refractivity contribution in [2.45, 2.75) is 37.5 Å². The highest BCUT2D eigenvalue weighted by Crippen LogP contribution is 2.20. The highest BCUT2D eigenvalue weighted by atomic mass is 32.2. The van der Waals surface area contributed by atoms with Gasteiger partial charge in [0.25, 0.3) is 0 Å². The number of hydrogen-bond acceptors (Lipinski definition) is 4. The first-order valence-electron chi connectivity index (χ1n) is 7.77. The van der Waals surface area contributed by atoms with Gasteiger partial charge in [0.1, 0.15) is 0 Å². The molecule has 22 heavy (non-hydrogen) atoms. The molecule has 0 aromatic carbocycles. The van der Waals surface area contributed by atoms with Gasteiger partial charge in [0.05, 0.1) is 12.6 Å². The molecule has 0 aliphatic carbocycles. The average molecular weight is 326 g/mol. The Morgan fingerprint density at radius 2 is 2.41 bits per heavy atom. The van der Waals surface area contributed by atoms with Crippen LogP contribution in [0.1, 0.15) is 32.2 Å². The molecule has 2 heterocycles. The molecule has 124 valence electrons. The number of nitrogens with zero attached hydrogens (tertiary/aromatic N) is 3. The Balaban J connectivity index is 1.93. The molecule has 1 aromatic heterocycles. The number of aromatic nitrogens is 2. The van der Waals surface area contributed by atoms with Crippen LogP contribution in [0.3, 0.4) is 0 Å². The number of nitrogens with one attached hydrogen (secondary N) is 1. The Morgan fingerprint density at radius 1 is 1.59 bits per heavy atom. The number of likely N-dealkylation sites (tertiary alicyclic amines) is 1. The molecule has 0 radical (unpaired) electrons. The van der Waals surface area contributed by atoms with E-state index in [0.717, 1.165) is 19.5 Å². The van der Waals surface area contributed by atoms with Crippen molar-refractivity contribution in [3.63, 3.8) is 0 Å². The zero-order chi connectivity index (χ0) is 15.9. The zero-order valence-electron chi connectivity index (χ0n) is 13.6. The van der Waals surface area contributed by atoms with Crippen molar-refractivity contribution in [2.75, 3.05) is 38.4 Å². The molecule has 1 aliphatic heterocycles. The number of rotatable bonds is 5. The van der Waals surface area contributed by atoms with Crippen molar-refractivity contribution in [3.05, 3.63) is 12.3 Å². The van der Waals surface area contributed by atoms with E-state index in [4.69, 9.17) is 4.74 Å². The molecule has 1 N–H and O–H groups in total. The lowest BCUT2D eigenvalue weighted by atomic mass is 10.2. The van der Waals surface area contributed by atoms with Crippen molar-refractivity contribution < 1.29 is 9.53 Å². The number of carbonyl (C=O) groups is 1. The minimum atomic E-state index is -0.0504. The summed E-state index contributed by atoms with van der Waals surface area (Å²) in [7, 11) is 1.67. The molecule has 0 unspecified atom stereocenters. The number of carbonyl (C=O) groups excluding carboxylic acids is 1. The minimum Gasteiger partial charge on any atom is -0.382 e. The summed E-state index contributed by atoms with van der Waals surface area (Å²) in [4.78, 5) is 14.3. The number of hydrogen-bond donors (Lipinski definition) is 1. The van der Waals surface area contributed by atoms with E-state index in [1.54, 1.807) is 7.11 Å². The summed E-state index contributed by atoms with van der Waals surface area (Å²) in [5, 5.41) is 7.84. The molecule has 6 nitrogen and oxygen atoms in total. The normalized spacial score (nSPS) is 20.5. The van der Waals surface area contributed by atoms with Crippen molar-refractivity contribution >= 4 is 23.6 Å². The van der Waals surface area contributed by atoms with Crippen LogP contribution in [0.2, 0.25) is 0 Å². The van der Waals surface area contributed by atoms with Crippen LogP contribution in [0.5, 0.6) is 0 Å². The molecule has 1 aliphatic rings. The summed E-state index contributed by atoms with van der Waals surface area (Å²) in [6.45, 7) is 4.26. The smallest absolute Gasteiger partial charge is 0.323 e. The first-order valence-corrected chi connectivity index (χ1v) is 9.05. The van der Waals surface area contributed by atoms with E-state index in [1.807, 2.05) is 40.5 Å². The van der Waals surface area contributed by atoms with Crippen LogP contribution in [-0.4, -0.2) is 59.0 Å². The van der Waals surface area contributed by atoms with Crippen LogP contribution < -0.4 is 5.32 Å². The van der Waals surface area contributed by atoms with Crippen molar-refractivity contribution in [2.24, 2.45) is 0 Å². The lowest BCUT2D eigenvalue weighted by Crippen LogP contribution is -2.38. The highest BCUT2D eigenvalue weighted by Gasteiger charge is 2.22. The number of amides is 2. The molecule has 2 rings (SSSR count). The van der Waals surface area contributed by atoms with Crippen LogP contribution in [0.15, 0.2) is 12.3 Å². The number of urea groups is 1. The third-order valence-electron chi connectivity index (χ3n) is 3.95. The van der Waals surface area contributed by atoms with Crippen molar-refractivity contribution in [1.29, 1.82) is 0 Å². The number of thioether (sulfide) groups is 1. The van der Waals surface area contributed by atoms with Gasteiger partial charge in [-0.25, -0.2) is 4.79 Å². The lowest BCUT2D eigenvalue weighted by Gasteiger charge is -2.23. The molecule has 1 saturated heterocycles. The molecular formula is C15H26N4O2S. The molecule has 2 atom stereocenters. The fourth-order valence-electron chi connectivity index (χ4n) is 2.64. The maximum atomic E-state index is 12.4. The second kappa shape index (κ2) is 8.43. The Kier molecular flexibility index (Phi) is 6.57. The number of methoxy groups -OCH3 is 1. The predicted molar refractivity (Wildman–Crippen MR) is 90.6 cm³/mol. The molecule has 2 amide bonds. The molecule has 0 bridgehead atoms. The topological polar surface area (TPSA) is 59.4 Å². The van der Waals surface area contributed by atoms with Crippen molar-refractivity contribution in [3.8, 4) is 0 Å². The fraction of sp³-hybridized carbons (Fsp3) is 0.733. The fourth-order valence-corrected chi connectivity index (χ4v) is 3.37. The summed E-state index contributed by atoms with van der Waals surface area (Å²) in [5.41, 5.74) is 0. The zero-order valence-corrected chi connectivity index (χ0v) is 14.4. The van der Waals surface area contributed by atoms with Crippen LogP contribution in [-0.2, 0) is 4.74 Å². The Morgan fingerprint density at radius 3 is 3.14 bits per heavy atom. The summed E-state index contributed by atoms with van der Waals surface area (Å²) < 4.78 is 6.93. The van der Waals surface area contributed by atoms with E-state index >= 15 is 0 Å². The first kappa shape index (κ1) is 17.1. The summed E-state index contributed by atoms with van der Waals surface area (Å²) in [6, 6.07) is 1.92. The minimum absolute atomic E-state index is 0.0504. The van der Waals surface area contributed by atoms with Crippen LogP contribution in [0.4, 0.5) is 10.6 Å². The van der Waals surface area contributed by atoms with Gasteiger partial charge in [-0.2, -0.15) is 16.9 Å². The Labute approximate surface area is 136 Å². The predicted octanol–water partition coefficient (Wildman–Crippen LogP) is 2.84. The molecule has 7 heteroatoms. The molecule has 1 fully saturated rings. The lowest BCUT2D eigenvalue weighted by molar-refractivity contribution is 0.157. The SMILES string of the molecule is COC[C@H](C)n1ccc(NC(=O)N2CCCC[C@@H](SC)C2)n1.